The lowest BCUT2D eigenvalue weighted by molar-refractivity contribution is 0.342. The summed E-state index contributed by atoms with van der Waals surface area (Å²) >= 11 is 0. The van der Waals surface area contributed by atoms with Gasteiger partial charge in [-0.1, -0.05) is 36.4 Å². The van der Waals surface area contributed by atoms with E-state index in [0.717, 1.165) is 19.5 Å². The molecule has 0 aliphatic heterocycles. The zero-order chi connectivity index (χ0) is 15.5. The third kappa shape index (κ3) is 5.96. The summed E-state index contributed by atoms with van der Waals surface area (Å²) in [6.07, 6.45) is 8.89. The second-order valence-electron chi connectivity index (χ2n) is 4.91. The average Bonchev–Trinajstić information content (AvgIpc) is 2.50. The van der Waals surface area contributed by atoms with Gasteiger partial charge in [0.1, 0.15) is 0 Å². The van der Waals surface area contributed by atoms with Gasteiger partial charge in [-0.05, 0) is 45.0 Å². The van der Waals surface area contributed by atoms with Gasteiger partial charge in [0.15, 0.2) is 0 Å². The third-order valence-electron chi connectivity index (χ3n) is 3.36. The smallest absolute Gasteiger partial charge is 0.0664 e. The van der Waals surface area contributed by atoms with Gasteiger partial charge in [0.25, 0.3) is 0 Å². The minimum Gasteiger partial charge on any atom is -0.319 e. The van der Waals surface area contributed by atoms with E-state index in [9.17, 15) is 0 Å². The first kappa shape index (κ1) is 17.2. The number of benzene rings is 1. The van der Waals surface area contributed by atoms with Crippen LogP contribution in [0, 0.1) is 6.92 Å². The van der Waals surface area contributed by atoms with Crippen molar-refractivity contribution in [1.29, 1.82) is 0 Å². The first-order valence-electron chi connectivity index (χ1n) is 7.50. The lowest BCUT2D eigenvalue weighted by Gasteiger charge is -2.23. The highest BCUT2D eigenvalue weighted by atomic mass is 15.5. The molecule has 114 valence electrons. The Morgan fingerprint density at radius 1 is 1.29 bits per heavy atom. The van der Waals surface area contributed by atoms with E-state index in [2.05, 4.69) is 59.6 Å². The summed E-state index contributed by atoms with van der Waals surface area (Å²) in [6, 6.07) is 8.47. The maximum Gasteiger partial charge on any atom is 0.0664 e. The monoisotopic (exact) mass is 285 g/mol. The topological polar surface area (TPSA) is 27.6 Å². The zero-order valence-electron chi connectivity index (χ0n) is 13.6. The maximum absolute atomic E-state index is 4.60. The molecule has 1 aromatic rings. The first-order valence-corrected chi connectivity index (χ1v) is 7.50. The van der Waals surface area contributed by atoms with E-state index in [-0.39, 0.29) is 0 Å². The van der Waals surface area contributed by atoms with Crippen LogP contribution in [0.1, 0.15) is 31.4 Å². The maximum atomic E-state index is 4.60. The van der Waals surface area contributed by atoms with E-state index in [4.69, 9.17) is 0 Å². The van der Waals surface area contributed by atoms with Gasteiger partial charge in [0, 0.05) is 24.9 Å². The van der Waals surface area contributed by atoms with Gasteiger partial charge in [-0.15, -0.1) is 0 Å². The Bertz CT molecular complexity index is 501. The highest BCUT2D eigenvalue weighted by Gasteiger charge is 2.09. The molecule has 0 saturated heterocycles. The van der Waals surface area contributed by atoms with Gasteiger partial charge in [0.05, 0.1) is 6.54 Å². The number of hydrogen-bond acceptors (Lipinski definition) is 3. The van der Waals surface area contributed by atoms with Gasteiger partial charge < -0.3 is 5.32 Å². The molecular weight excluding hydrogens is 258 g/mol. The molecule has 1 rings (SSSR count). The third-order valence-corrected chi connectivity index (χ3v) is 3.36. The summed E-state index contributed by atoms with van der Waals surface area (Å²) in [5.41, 5.74) is 3.83. The van der Waals surface area contributed by atoms with E-state index in [1.807, 2.05) is 32.3 Å². The number of aryl methyl sites for hydroxylation is 1. The van der Waals surface area contributed by atoms with E-state index in [0.29, 0.717) is 0 Å². The lowest BCUT2D eigenvalue weighted by atomic mass is 10.1. The molecule has 0 heterocycles. The molecule has 0 radical (unpaired) electrons. The quantitative estimate of drug-likeness (QED) is 0.580. The van der Waals surface area contributed by atoms with Crippen molar-refractivity contribution in [3.63, 3.8) is 0 Å². The Labute approximate surface area is 129 Å². The van der Waals surface area contributed by atoms with Crippen LogP contribution in [0.15, 0.2) is 53.3 Å². The van der Waals surface area contributed by atoms with E-state index in [1.165, 1.54) is 16.8 Å². The van der Waals surface area contributed by atoms with Gasteiger partial charge in [-0.2, -0.15) is 5.10 Å². The first-order chi connectivity index (χ1) is 10.2. The van der Waals surface area contributed by atoms with Crippen LogP contribution < -0.4 is 5.32 Å². The van der Waals surface area contributed by atoms with E-state index >= 15 is 0 Å². The molecular formula is C18H27N3. The molecule has 0 amide bonds. The number of hydrazone groups is 1. The lowest BCUT2D eigenvalue weighted by Crippen LogP contribution is -2.20. The highest BCUT2D eigenvalue weighted by Crippen LogP contribution is 2.17. The van der Waals surface area contributed by atoms with Crippen molar-refractivity contribution in [2.24, 2.45) is 5.10 Å². The van der Waals surface area contributed by atoms with Crippen molar-refractivity contribution in [1.82, 2.24) is 10.3 Å². The highest BCUT2D eigenvalue weighted by molar-refractivity contribution is 5.70. The minimum atomic E-state index is 0.796. The summed E-state index contributed by atoms with van der Waals surface area (Å²) in [5, 5.41) is 9.88. The van der Waals surface area contributed by atoms with E-state index in [1.54, 1.807) is 0 Å². The van der Waals surface area contributed by atoms with Crippen LogP contribution in [-0.4, -0.2) is 24.8 Å². The number of nitrogens with one attached hydrogen (secondary N) is 1. The molecule has 21 heavy (non-hydrogen) atoms. The van der Waals surface area contributed by atoms with Crippen LogP contribution in [0.25, 0.3) is 0 Å². The largest absolute Gasteiger partial charge is 0.319 e. The van der Waals surface area contributed by atoms with Crippen molar-refractivity contribution in [3.8, 4) is 0 Å². The second kappa shape index (κ2) is 9.94. The molecule has 0 fully saturated rings. The summed E-state index contributed by atoms with van der Waals surface area (Å²) in [4.78, 5) is 0. The molecule has 0 aliphatic carbocycles. The average molecular weight is 285 g/mol. The van der Waals surface area contributed by atoms with Crippen LogP contribution >= 0.6 is 0 Å². The number of nitrogens with zero attached hydrogens (tertiary/aromatic N) is 2. The molecule has 0 bridgehead atoms. The molecule has 0 spiro atoms. The van der Waals surface area contributed by atoms with Gasteiger partial charge in [-0.25, -0.2) is 0 Å². The van der Waals surface area contributed by atoms with Crippen LogP contribution in [0.4, 0.5) is 0 Å². The molecule has 3 heteroatoms. The standard InChI is InChI=1S/C18H27N3/c1-5-7-13-20-21(18(6-2)12-14-19-4)15-17-11-9-8-10-16(17)3/h5-11,13,19H,12,14-15H2,1-4H3/b7-5+,18-6+,20-13+. The molecule has 1 aromatic carbocycles. The van der Waals surface area contributed by atoms with Crippen LogP contribution in [0.2, 0.25) is 0 Å². The number of allylic oxidation sites excluding steroid dienone is 3. The molecule has 0 saturated carbocycles. The molecule has 0 atom stereocenters. The predicted molar refractivity (Wildman–Crippen MR) is 92.3 cm³/mol. The van der Waals surface area contributed by atoms with Gasteiger partial charge in [0.2, 0.25) is 0 Å². The molecule has 0 unspecified atom stereocenters. The van der Waals surface area contributed by atoms with Crippen molar-refractivity contribution >= 4 is 6.21 Å². The number of hydrogen-bond donors (Lipinski definition) is 1. The predicted octanol–water partition coefficient (Wildman–Crippen LogP) is 3.87. The van der Waals surface area contributed by atoms with Crippen molar-refractivity contribution in [3.05, 3.63) is 59.3 Å². The Balaban J connectivity index is 2.93. The number of rotatable bonds is 8. The SMILES string of the molecule is C/C=C/C=N/N(Cc1ccccc1C)/C(=C/C)CCNC. The fourth-order valence-electron chi connectivity index (χ4n) is 2.05. The minimum absolute atomic E-state index is 0.796. The van der Waals surface area contributed by atoms with Gasteiger partial charge in [-0.3, -0.25) is 5.01 Å². The molecule has 0 aromatic heterocycles. The summed E-state index contributed by atoms with van der Waals surface area (Å²) in [7, 11) is 1.97. The van der Waals surface area contributed by atoms with Crippen LogP contribution in [0.5, 0.6) is 0 Å². The Morgan fingerprint density at radius 2 is 2.05 bits per heavy atom. The zero-order valence-corrected chi connectivity index (χ0v) is 13.6. The van der Waals surface area contributed by atoms with E-state index < -0.39 is 0 Å². The molecule has 3 nitrogen and oxygen atoms in total. The summed E-state index contributed by atoms with van der Waals surface area (Å²) in [6.45, 7) is 7.95. The van der Waals surface area contributed by atoms with Crippen LogP contribution in [0.3, 0.4) is 0 Å². The van der Waals surface area contributed by atoms with Crippen molar-refractivity contribution < 1.29 is 0 Å². The van der Waals surface area contributed by atoms with Gasteiger partial charge >= 0.3 is 0 Å². The fourth-order valence-corrected chi connectivity index (χ4v) is 2.05. The normalized spacial score (nSPS) is 12.5. The Hall–Kier alpha value is -1.87. The van der Waals surface area contributed by atoms with Crippen molar-refractivity contribution in [2.45, 2.75) is 33.7 Å². The summed E-state index contributed by atoms with van der Waals surface area (Å²) in [5.74, 6) is 0. The Morgan fingerprint density at radius 3 is 2.67 bits per heavy atom. The van der Waals surface area contributed by atoms with Crippen LogP contribution in [-0.2, 0) is 6.54 Å². The fraction of sp³-hybridized carbons (Fsp3) is 0.389. The van der Waals surface area contributed by atoms with Crippen molar-refractivity contribution in [2.75, 3.05) is 13.6 Å². The summed E-state index contributed by atoms with van der Waals surface area (Å²) < 4.78 is 0. The molecule has 0 aliphatic rings. The molecule has 1 N–H and O–H groups in total. The Kier molecular flexibility index (Phi) is 8.14. The second-order valence-corrected chi connectivity index (χ2v) is 4.91.